The molecule has 6 heterocycles. The zero-order chi connectivity index (χ0) is 20.6. The zero-order valence-corrected chi connectivity index (χ0v) is 21.0. The van der Waals surface area contributed by atoms with E-state index in [2.05, 4.69) is 89.0 Å². The quantitative estimate of drug-likeness (QED) is 0.164. The van der Waals surface area contributed by atoms with Gasteiger partial charge in [-0.25, -0.2) is 0 Å². The summed E-state index contributed by atoms with van der Waals surface area (Å²) in [5, 5.41) is 6.45. The molecule has 6 heteroatoms. The van der Waals surface area contributed by atoms with E-state index in [9.17, 15) is 0 Å². The molecule has 0 amide bonds. The molecule has 0 atom stereocenters. The second-order valence-electron chi connectivity index (χ2n) is 6.80. The van der Waals surface area contributed by atoms with E-state index < -0.39 is 0 Å². The van der Waals surface area contributed by atoms with Gasteiger partial charge in [-0.15, -0.1) is 56.7 Å². The number of hydrogen-bond donors (Lipinski definition) is 0. The monoisotopic (exact) mass is 507 g/mol. The number of allylic oxidation sites excluding steroid dienone is 2. The molecule has 0 N–H and O–H groups in total. The summed E-state index contributed by atoms with van der Waals surface area (Å²) in [5.74, 6) is 0. The van der Waals surface area contributed by atoms with Crippen molar-refractivity contribution in [1.82, 2.24) is 0 Å². The Kier molecular flexibility index (Phi) is 5.44. The summed E-state index contributed by atoms with van der Waals surface area (Å²) in [6.45, 7) is 0. The molecule has 0 unspecified atom stereocenters. The van der Waals surface area contributed by atoms with E-state index in [0.29, 0.717) is 0 Å². The Morgan fingerprint density at radius 3 is 1.61 bits per heavy atom. The van der Waals surface area contributed by atoms with Crippen LogP contribution in [-0.4, -0.2) is 4.86 Å². The van der Waals surface area contributed by atoms with Crippen LogP contribution in [0.15, 0.2) is 93.9 Å². The summed E-state index contributed by atoms with van der Waals surface area (Å²) in [4.78, 5) is 12.0. The van der Waals surface area contributed by atoms with Crippen LogP contribution < -0.4 is 0 Å². The second-order valence-corrected chi connectivity index (χ2v) is 12.9. The van der Waals surface area contributed by atoms with Crippen molar-refractivity contribution in [3.63, 3.8) is 0 Å². The maximum absolute atomic E-state index is 2.30. The van der Waals surface area contributed by atoms with Gasteiger partial charge in [0, 0.05) is 41.4 Å². The lowest BCUT2D eigenvalue weighted by Gasteiger charge is -2.00. The lowest BCUT2D eigenvalue weighted by molar-refractivity contribution is 1.76. The van der Waals surface area contributed by atoms with Gasteiger partial charge in [0.1, 0.15) is 0 Å². The number of thiophene rings is 5. The van der Waals surface area contributed by atoms with Crippen molar-refractivity contribution >= 4 is 78.5 Å². The smallest absolute Gasteiger partial charge is 0.143 e. The molecule has 6 rings (SSSR count). The first-order valence-corrected chi connectivity index (χ1v) is 14.7. The number of rotatable bonds is 5. The van der Waals surface area contributed by atoms with Crippen molar-refractivity contribution in [2.24, 2.45) is 0 Å². The topological polar surface area (TPSA) is 0 Å². The molecule has 0 saturated carbocycles. The minimum Gasteiger partial charge on any atom is -0.143 e. The lowest BCUT2D eigenvalue weighted by atomic mass is 10.1. The fourth-order valence-corrected chi connectivity index (χ4v) is 9.37. The maximum Gasteiger partial charge on any atom is 0.248 e. The number of hydrogen-bond acceptors (Lipinski definition) is 5. The van der Waals surface area contributed by atoms with Crippen LogP contribution in [-0.2, 0) is 11.4 Å². The highest BCUT2D eigenvalue weighted by atomic mass is 32.1. The van der Waals surface area contributed by atoms with Gasteiger partial charge in [-0.3, -0.25) is 0 Å². The third-order valence-electron chi connectivity index (χ3n) is 4.85. The molecule has 0 nitrogen and oxygen atoms in total. The van der Waals surface area contributed by atoms with Gasteiger partial charge in [0.05, 0.1) is 10.5 Å². The van der Waals surface area contributed by atoms with E-state index in [1.165, 1.54) is 49.5 Å². The molecule has 150 valence electrons. The highest BCUT2D eigenvalue weighted by Crippen LogP contribution is 2.43. The lowest BCUT2D eigenvalue weighted by Crippen LogP contribution is -1.91. The summed E-state index contributed by atoms with van der Waals surface area (Å²) >= 11 is 11.1. The minimum absolute atomic E-state index is 1.34. The van der Waals surface area contributed by atoms with E-state index in [1.54, 1.807) is 34.0 Å². The summed E-state index contributed by atoms with van der Waals surface area (Å²) < 4.78 is 0. The summed E-state index contributed by atoms with van der Waals surface area (Å²) in [6, 6.07) is 22.1. The van der Waals surface area contributed by atoms with Crippen LogP contribution in [0.4, 0.5) is 0 Å². The van der Waals surface area contributed by atoms with Crippen molar-refractivity contribution in [3.05, 3.63) is 108 Å². The third kappa shape index (κ3) is 3.89. The van der Waals surface area contributed by atoms with Crippen molar-refractivity contribution in [3.8, 4) is 19.5 Å². The van der Waals surface area contributed by atoms with Gasteiger partial charge in [-0.1, -0.05) is 18.2 Å². The van der Waals surface area contributed by atoms with Crippen LogP contribution in [0.1, 0.15) is 14.6 Å². The van der Waals surface area contributed by atoms with Crippen LogP contribution in [0.2, 0.25) is 0 Å². The van der Waals surface area contributed by atoms with Gasteiger partial charge in [0.25, 0.3) is 0 Å². The predicted octanol–water partition coefficient (Wildman–Crippen LogP) is 8.96. The van der Waals surface area contributed by atoms with E-state index in [4.69, 9.17) is 0 Å². The van der Waals surface area contributed by atoms with Gasteiger partial charge in [0.15, 0.2) is 0 Å². The average Bonchev–Trinajstić information content (AvgIpc) is 3.61. The molecule has 5 aromatic heterocycles. The highest BCUT2D eigenvalue weighted by Gasteiger charge is 2.28. The predicted molar refractivity (Wildman–Crippen MR) is 146 cm³/mol. The first kappa shape index (κ1) is 19.7. The molecule has 31 heavy (non-hydrogen) atoms. The van der Waals surface area contributed by atoms with Crippen molar-refractivity contribution in [2.75, 3.05) is 0 Å². The average molecular weight is 508 g/mol. The summed E-state index contributed by atoms with van der Waals surface area (Å²) in [6.07, 6.45) is 4.57. The van der Waals surface area contributed by atoms with Crippen molar-refractivity contribution in [2.45, 2.75) is 0 Å². The van der Waals surface area contributed by atoms with Crippen LogP contribution >= 0.6 is 56.7 Å². The van der Waals surface area contributed by atoms with Crippen molar-refractivity contribution < 1.29 is 0 Å². The Labute approximate surface area is 205 Å². The molecule has 1 aliphatic rings. The fraction of sp³-hybridized carbons (Fsp3) is 0. The third-order valence-corrected chi connectivity index (χ3v) is 11.4. The van der Waals surface area contributed by atoms with E-state index >= 15 is 0 Å². The molecule has 0 spiro atoms. The first-order chi connectivity index (χ1) is 15.3. The molecule has 0 fully saturated rings. The molecule has 0 saturated heterocycles. The zero-order valence-electron chi connectivity index (χ0n) is 16.1. The molecule has 0 bridgehead atoms. The fourth-order valence-electron chi connectivity index (χ4n) is 3.43. The van der Waals surface area contributed by atoms with E-state index in [-0.39, 0.29) is 0 Å². The summed E-state index contributed by atoms with van der Waals surface area (Å²) in [7, 11) is 0. The molecule has 5 aromatic rings. The van der Waals surface area contributed by atoms with Gasteiger partial charge >= 0.3 is 0 Å². The minimum atomic E-state index is 1.34. The van der Waals surface area contributed by atoms with Crippen LogP contribution in [0.3, 0.4) is 0 Å². The largest absolute Gasteiger partial charge is 0.248 e. The Bertz CT molecular complexity index is 1330. The van der Waals surface area contributed by atoms with Crippen molar-refractivity contribution in [1.29, 1.82) is 0 Å². The van der Waals surface area contributed by atoms with Crippen LogP contribution in [0.5, 0.6) is 0 Å². The first-order valence-electron chi connectivity index (χ1n) is 9.64. The Morgan fingerprint density at radius 2 is 1.10 bits per heavy atom. The SMILES string of the molecule is C1=CC(=C(c2ccc(-c3cccs3)s2)c2ccc(-c3cccs3)s2)[S+]=C1c1cccs1. The van der Waals surface area contributed by atoms with Crippen LogP contribution in [0.25, 0.3) is 25.1 Å². The maximum atomic E-state index is 2.30. The molecular formula is C25H15S6+. The molecule has 0 radical (unpaired) electrons. The molecule has 0 aromatic carbocycles. The van der Waals surface area contributed by atoms with Gasteiger partial charge in [-0.2, -0.15) is 0 Å². The summed E-state index contributed by atoms with van der Waals surface area (Å²) in [5.41, 5.74) is 1.36. The standard InChI is InChI=1S/C25H15S6/c1-4-16(26-13-1)19-7-10-22(29-19)25(23-11-8-20(30-23)17-5-2-14-27-17)24-12-9-21(31-24)18-6-3-15-28-18/h1-15H/q+1. The molecular weight excluding hydrogens is 493 g/mol. The van der Waals surface area contributed by atoms with Crippen LogP contribution in [0, 0.1) is 0 Å². The normalized spacial score (nSPS) is 13.2. The molecule has 0 aliphatic carbocycles. The Balaban J connectivity index is 1.48. The Hall–Kier alpha value is -1.93. The van der Waals surface area contributed by atoms with E-state index in [1.807, 2.05) is 34.0 Å². The van der Waals surface area contributed by atoms with E-state index in [0.717, 1.165) is 0 Å². The highest BCUT2D eigenvalue weighted by molar-refractivity contribution is 7.84. The Morgan fingerprint density at radius 1 is 0.548 bits per heavy atom. The van der Waals surface area contributed by atoms with Gasteiger partial charge in [0.2, 0.25) is 21.1 Å². The van der Waals surface area contributed by atoms with Gasteiger partial charge in [-0.05, 0) is 58.6 Å². The second kappa shape index (κ2) is 8.54. The van der Waals surface area contributed by atoms with Gasteiger partial charge < -0.3 is 0 Å². The molecule has 1 aliphatic heterocycles.